The Balaban J connectivity index is 1.69. The molecule has 1 heterocycles. The van der Waals surface area contributed by atoms with E-state index in [1.54, 1.807) is 36.6 Å². The van der Waals surface area contributed by atoms with Gasteiger partial charge in [-0.1, -0.05) is 19.3 Å². The maximum Gasteiger partial charge on any atom is 0.206 e. The van der Waals surface area contributed by atoms with Crippen LogP contribution in [0.2, 0.25) is 0 Å². The molecule has 2 aromatic rings. The summed E-state index contributed by atoms with van der Waals surface area (Å²) in [5, 5.41) is 26.8. The summed E-state index contributed by atoms with van der Waals surface area (Å²) in [5.41, 5.74) is 2.29. The first kappa shape index (κ1) is 17.3. The van der Waals surface area contributed by atoms with Crippen LogP contribution in [0.1, 0.15) is 67.7 Å². The Morgan fingerprint density at radius 2 is 1.88 bits per heavy atom. The van der Waals surface area contributed by atoms with Crippen LogP contribution in [0.25, 0.3) is 0 Å². The van der Waals surface area contributed by atoms with E-state index < -0.39 is 0 Å². The van der Waals surface area contributed by atoms with Gasteiger partial charge in [-0.3, -0.25) is 4.99 Å². The number of benzene rings is 1. The van der Waals surface area contributed by atoms with Crippen molar-refractivity contribution >= 4 is 17.6 Å². The minimum absolute atomic E-state index is 0.0725. The highest BCUT2D eigenvalue weighted by atomic mass is 32.1. The van der Waals surface area contributed by atoms with Gasteiger partial charge in [0.25, 0.3) is 0 Å². The zero-order valence-corrected chi connectivity index (χ0v) is 15.9. The van der Waals surface area contributed by atoms with Crippen LogP contribution in [0.4, 0.5) is 0 Å². The van der Waals surface area contributed by atoms with E-state index >= 15 is 0 Å². The second-order valence-electron chi connectivity index (χ2n) is 7.34. The lowest BCUT2D eigenvalue weighted by molar-refractivity contribution is 0.435. The molecule has 1 aromatic carbocycles. The molecule has 0 spiro atoms. The lowest BCUT2D eigenvalue weighted by Gasteiger charge is -2.16. The highest BCUT2D eigenvalue weighted by Gasteiger charge is 2.28. The van der Waals surface area contributed by atoms with E-state index in [1.807, 2.05) is 4.68 Å². The fourth-order valence-electron chi connectivity index (χ4n) is 3.47. The summed E-state index contributed by atoms with van der Waals surface area (Å²) in [6.07, 6.45) is 10.3. The summed E-state index contributed by atoms with van der Waals surface area (Å²) in [5.74, 6) is 0.742. The molecule has 0 atom stereocenters. The fraction of sp³-hybridized carbons (Fsp3) is 0.500. The second-order valence-corrected chi connectivity index (χ2v) is 8.18. The smallest absolute Gasteiger partial charge is 0.206 e. The number of thiazole rings is 1. The Morgan fingerprint density at radius 3 is 2.62 bits per heavy atom. The number of phenolic OH excluding ortho intramolecular Hbond substituents is 2. The molecular formula is C20H25N3O2S. The quantitative estimate of drug-likeness (QED) is 0.788. The van der Waals surface area contributed by atoms with Crippen LogP contribution in [0.15, 0.2) is 27.6 Å². The Hall–Kier alpha value is -2.08. The van der Waals surface area contributed by atoms with Crippen LogP contribution in [-0.2, 0) is 0 Å². The van der Waals surface area contributed by atoms with E-state index in [0.29, 0.717) is 23.1 Å². The van der Waals surface area contributed by atoms with Gasteiger partial charge in [0.15, 0.2) is 0 Å². The van der Waals surface area contributed by atoms with Crippen LogP contribution in [0.3, 0.4) is 0 Å². The van der Waals surface area contributed by atoms with E-state index in [4.69, 9.17) is 4.99 Å². The van der Waals surface area contributed by atoms with Crippen LogP contribution in [-0.4, -0.2) is 27.1 Å². The van der Waals surface area contributed by atoms with Gasteiger partial charge in [-0.2, -0.15) is 5.10 Å². The van der Waals surface area contributed by atoms with E-state index in [2.05, 4.69) is 10.5 Å². The molecule has 138 valence electrons. The molecule has 2 aliphatic rings. The van der Waals surface area contributed by atoms with Gasteiger partial charge >= 0.3 is 0 Å². The number of rotatable bonds is 4. The zero-order valence-electron chi connectivity index (χ0n) is 15.1. The van der Waals surface area contributed by atoms with Crippen molar-refractivity contribution < 1.29 is 10.2 Å². The molecular weight excluding hydrogens is 346 g/mol. The molecule has 0 radical (unpaired) electrons. The Kier molecular flexibility index (Phi) is 4.85. The summed E-state index contributed by atoms with van der Waals surface area (Å²) in [6.45, 7) is 1.69. The van der Waals surface area contributed by atoms with E-state index in [9.17, 15) is 10.2 Å². The molecule has 6 heteroatoms. The molecule has 2 fully saturated rings. The van der Waals surface area contributed by atoms with Gasteiger partial charge in [0, 0.05) is 22.4 Å². The molecule has 0 aliphatic heterocycles. The third kappa shape index (κ3) is 3.56. The Bertz CT molecular complexity index is 887. The maximum absolute atomic E-state index is 10.2. The minimum atomic E-state index is 0.0725. The van der Waals surface area contributed by atoms with Gasteiger partial charge in [-0.15, -0.1) is 11.3 Å². The third-order valence-electron chi connectivity index (χ3n) is 5.32. The van der Waals surface area contributed by atoms with Gasteiger partial charge in [0.1, 0.15) is 11.5 Å². The SMILES string of the molecule is Cc1c(O)ccc(/C=N/n2c(C3CC3)cs/c2=N\C2CCCCC2)c1O. The maximum atomic E-state index is 10.2. The van der Waals surface area contributed by atoms with Crippen LogP contribution in [0.5, 0.6) is 11.5 Å². The van der Waals surface area contributed by atoms with Crippen molar-refractivity contribution in [1.82, 2.24) is 4.68 Å². The highest BCUT2D eigenvalue weighted by Crippen LogP contribution is 2.40. The normalized spacial score (nSPS) is 19.5. The van der Waals surface area contributed by atoms with Gasteiger partial charge in [0.2, 0.25) is 4.80 Å². The van der Waals surface area contributed by atoms with Crippen LogP contribution in [0, 0.1) is 6.92 Å². The Labute approximate surface area is 157 Å². The predicted octanol–water partition coefficient (Wildman–Crippen LogP) is 4.26. The molecule has 26 heavy (non-hydrogen) atoms. The summed E-state index contributed by atoms with van der Waals surface area (Å²) < 4.78 is 1.96. The highest BCUT2D eigenvalue weighted by molar-refractivity contribution is 7.07. The number of nitrogens with zero attached hydrogens (tertiary/aromatic N) is 3. The average Bonchev–Trinajstić information content (AvgIpc) is 3.42. The third-order valence-corrected chi connectivity index (χ3v) is 6.17. The number of aromatic nitrogens is 1. The summed E-state index contributed by atoms with van der Waals surface area (Å²) in [6, 6.07) is 3.67. The molecule has 0 bridgehead atoms. The summed E-state index contributed by atoms with van der Waals surface area (Å²) in [4.78, 5) is 5.93. The fourth-order valence-corrected chi connectivity index (χ4v) is 4.45. The molecule has 2 saturated carbocycles. The average molecular weight is 372 g/mol. The molecule has 2 N–H and O–H groups in total. The first-order valence-electron chi connectivity index (χ1n) is 9.43. The lowest BCUT2D eigenvalue weighted by atomic mass is 9.96. The zero-order chi connectivity index (χ0) is 18.1. The Morgan fingerprint density at radius 1 is 1.12 bits per heavy atom. The van der Waals surface area contributed by atoms with Crippen molar-refractivity contribution in [1.29, 1.82) is 0 Å². The van der Waals surface area contributed by atoms with Gasteiger partial charge < -0.3 is 10.2 Å². The van der Waals surface area contributed by atoms with Crippen LogP contribution < -0.4 is 4.80 Å². The van der Waals surface area contributed by atoms with Gasteiger partial charge in [-0.05, 0) is 44.7 Å². The number of phenols is 2. The first-order valence-corrected chi connectivity index (χ1v) is 10.3. The van der Waals surface area contributed by atoms with Crippen molar-refractivity contribution in [3.05, 3.63) is 39.1 Å². The van der Waals surface area contributed by atoms with Gasteiger partial charge in [0.05, 0.1) is 18.0 Å². The summed E-state index contributed by atoms with van der Waals surface area (Å²) in [7, 11) is 0. The first-order chi connectivity index (χ1) is 12.6. The molecule has 5 nitrogen and oxygen atoms in total. The monoisotopic (exact) mass is 371 g/mol. The molecule has 0 unspecified atom stereocenters. The van der Waals surface area contributed by atoms with Crippen molar-refractivity contribution in [3.8, 4) is 11.5 Å². The second kappa shape index (κ2) is 7.27. The van der Waals surface area contributed by atoms with E-state index in [1.165, 1.54) is 50.6 Å². The topological polar surface area (TPSA) is 70.1 Å². The molecule has 0 saturated heterocycles. The number of hydrogen-bond donors (Lipinski definition) is 2. The molecule has 2 aliphatic carbocycles. The van der Waals surface area contributed by atoms with Crippen molar-refractivity contribution in [2.45, 2.75) is 63.8 Å². The van der Waals surface area contributed by atoms with Crippen molar-refractivity contribution in [3.63, 3.8) is 0 Å². The predicted molar refractivity (Wildman–Crippen MR) is 104 cm³/mol. The summed E-state index contributed by atoms with van der Waals surface area (Å²) >= 11 is 1.66. The number of aromatic hydroxyl groups is 2. The number of hydrogen-bond acceptors (Lipinski definition) is 5. The van der Waals surface area contributed by atoms with Crippen LogP contribution >= 0.6 is 11.3 Å². The van der Waals surface area contributed by atoms with Gasteiger partial charge in [-0.25, -0.2) is 4.68 Å². The van der Waals surface area contributed by atoms with E-state index in [-0.39, 0.29) is 11.5 Å². The molecule has 0 amide bonds. The van der Waals surface area contributed by atoms with E-state index in [0.717, 1.165) is 4.80 Å². The minimum Gasteiger partial charge on any atom is -0.508 e. The van der Waals surface area contributed by atoms with Crippen molar-refractivity contribution in [2.24, 2.45) is 10.1 Å². The van der Waals surface area contributed by atoms with Crippen molar-refractivity contribution in [2.75, 3.05) is 0 Å². The molecule has 4 rings (SSSR count). The largest absolute Gasteiger partial charge is 0.508 e. The standard InChI is InChI=1S/C20H25N3O2S/c1-13-18(24)10-9-15(19(13)25)11-21-23-17(14-7-8-14)12-26-20(23)22-16-5-3-2-4-6-16/h9-12,14,16,24-25H,2-8H2,1H3/b21-11+,22-20-. The lowest BCUT2D eigenvalue weighted by Crippen LogP contribution is -2.19. The molecule has 1 aromatic heterocycles.